The number of rotatable bonds is 4. The van der Waals surface area contributed by atoms with E-state index in [9.17, 15) is 0 Å². The summed E-state index contributed by atoms with van der Waals surface area (Å²) in [7, 11) is 4.17. The van der Waals surface area contributed by atoms with Crippen molar-refractivity contribution in [2.24, 2.45) is 7.05 Å². The standard InChI is InChI=1S/C14H25ClN4/c1-5-12-14(15)13(19(4)17-12)9-16-11-6-7-18(3)10(2)8-11/h10-11,16H,5-9H2,1-4H3. The van der Waals surface area contributed by atoms with Crippen LogP contribution in [0.5, 0.6) is 0 Å². The summed E-state index contributed by atoms with van der Waals surface area (Å²) >= 11 is 6.37. The van der Waals surface area contributed by atoms with Gasteiger partial charge >= 0.3 is 0 Å². The lowest BCUT2D eigenvalue weighted by Gasteiger charge is -2.35. The molecule has 0 radical (unpaired) electrons. The van der Waals surface area contributed by atoms with Gasteiger partial charge in [-0.25, -0.2) is 0 Å². The van der Waals surface area contributed by atoms with Gasteiger partial charge in [-0.1, -0.05) is 18.5 Å². The Hall–Kier alpha value is -0.580. The second-order valence-corrected chi connectivity index (χ2v) is 5.99. The Labute approximate surface area is 121 Å². The summed E-state index contributed by atoms with van der Waals surface area (Å²) in [6, 6.07) is 1.24. The lowest BCUT2D eigenvalue weighted by Crippen LogP contribution is -2.45. The van der Waals surface area contributed by atoms with E-state index in [2.05, 4.69) is 36.2 Å². The molecule has 1 saturated heterocycles. The highest BCUT2D eigenvalue weighted by Crippen LogP contribution is 2.22. The molecule has 1 N–H and O–H groups in total. The lowest BCUT2D eigenvalue weighted by molar-refractivity contribution is 0.167. The third-order valence-electron chi connectivity index (χ3n) is 4.27. The van der Waals surface area contributed by atoms with Crippen LogP contribution in [-0.4, -0.2) is 40.4 Å². The van der Waals surface area contributed by atoms with E-state index in [-0.39, 0.29) is 0 Å². The number of aromatic nitrogens is 2. The molecule has 1 aromatic rings. The summed E-state index contributed by atoms with van der Waals surface area (Å²) in [6.45, 7) is 6.35. The van der Waals surface area contributed by atoms with E-state index in [0.29, 0.717) is 12.1 Å². The van der Waals surface area contributed by atoms with Gasteiger partial charge in [0, 0.05) is 25.7 Å². The number of likely N-dealkylation sites (tertiary alicyclic amines) is 1. The van der Waals surface area contributed by atoms with Gasteiger partial charge in [0.1, 0.15) is 0 Å². The summed E-state index contributed by atoms with van der Waals surface area (Å²) in [5, 5.41) is 8.92. The molecule has 0 saturated carbocycles. The zero-order chi connectivity index (χ0) is 14.0. The smallest absolute Gasteiger partial charge is 0.0863 e. The van der Waals surface area contributed by atoms with Crippen LogP contribution in [0.15, 0.2) is 0 Å². The van der Waals surface area contributed by atoms with Gasteiger partial charge in [-0.2, -0.15) is 5.10 Å². The van der Waals surface area contributed by atoms with Crippen LogP contribution < -0.4 is 5.32 Å². The maximum absolute atomic E-state index is 6.37. The zero-order valence-electron chi connectivity index (χ0n) is 12.4. The van der Waals surface area contributed by atoms with E-state index in [4.69, 9.17) is 11.6 Å². The zero-order valence-corrected chi connectivity index (χ0v) is 13.2. The van der Waals surface area contributed by atoms with Crippen LogP contribution in [0.2, 0.25) is 5.02 Å². The number of hydrogen-bond donors (Lipinski definition) is 1. The molecule has 2 heterocycles. The fraction of sp³-hybridized carbons (Fsp3) is 0.786. The normalized spacial score (nSPS) is 24.9. The number of piperidine rings is 1. The van der Waals surface area contributed by atoms with Gasteiger partial charge in [0.25, 0.3) is 0 Å². The van der Waals surface area contributed by atoms with E-state index in [0.717, 1.165) is 35.9 Å². The average molecular weight is 285 g/mol. The van der Waals surface area contributed by atoms with Crippen LogP contribution in [0.25, 0.3) is 0 Å². The van der Waals surface area contributed by atoms with Gasteiger partial charge in [0.2, 0.25) is 0 Å². The fourth-order valence-corrected chi connectivity index (χ4v) is 3.09. The highest BCUT2D eigenvalue weighted by Gasteiger charge is 2.23. The van der Waals surface area contributed by atoms with Crippen molar-refractivity contribution in [3.8, 4) is 0 Å². The molecule has 1 aromatic heterocycles. The molecule has 0 aliphatic carbocycles. The van der Waals surface area contributed by atoms with Crippen molar-refractivity contribution in [2.45, 2.75) is 51.7 Å². The Morgan fingerprint density at radius 3 is 2.74 bits per heavy atom. The van der Waals surface area contributed by atoms with Crippen LogP contribution in [0, 0.1) is 0 Å². The molecule has 19 heavy (non-hydrogen) atoms. The summed E-state index contributed by atoms with van der Waals surface area (Å²) in [5.74, 6) is 0. The molecule has 0 bridgehead atoms. The Kier molecular flexibility index (Phi) is 4.87. The fourth-order valence-electron chi connectivity index (χ4n) is 2.73. The molecule has 2 rings (SSSR count). The van der Waals surface area contributed by atoms with Gasteiger partial charge in [-0.15, -0.1) is 0 Å². The van der Waals surface area contributed by atoms with Crippen molar-refractivity contribution in [3.63, 3.8) is 0 Å². The molecular weight excluding hydrogens is 260 g/mol. The third-order valence-corrected chi connectivity index (χ3v) is 4.71. The van der Waals surface area contributed by atoms with Crippen LogP contribution in [0.4, 0.5) is 0 Å². The maximum atomic E-state index is 6.37. The van der Waals surface area contributed by atoms with Crippen LogP contribution in [0.1, 0.15) is 38.1 Å². The van der Waals surface area contributed by atoms with Crippen molar-refractivity contribution < 1.29 is 0 Å². The third kappa shape index (κ3) is 3.30. The summed E-state index contributed by atoms with van der Waals surface area (Å²) in [4.78, 5) is 2.42. The molecule has 2 atom stereocenters. The van der Waals surface area contributed by atoms with Gasteiger partial charge in [0.05, 0.1) is 16.4 Å². The number of halogens is 1. The highest BCUT2D eigenvalue weighted by atomic mass is 35.5. The van der Waals surface area contributed by atoms with Gasteiger partial charge in [0.15, 0.2) is 0 Å². The number of hydrogen-bond acceptors (Lipinski definition) is 3. The monoisotopic (exact) mass is 284 g/mol. The SMILES string of the molecule is CCc1nn(C)c(CNC2CCN(C)C(C)C2)c1Cl. The van der Waals surface area contributed by atoms with Crippen molar-refractivity contribution in [1.82, 2.24) is 20.0 Å². The van der Waals surface area contributed by atoms with E-state index in [1.54, 1.807) is 0 Å². The minimum absolute atomic E-state index is 0.585. The molecule has 5 heteroatoms. The minimum atomic E-state index is 0.585. The quantitative estimate of drug-likeness (QED) is 0.920. The van der Waals surface area contributed by atoms with Crippen LogP contribution >= 0.6 is 11.6 Å². The van der Waals surface area contributed by atoms with Crippen LogP contribution in [0.3, 0.4) is 0 Å². The first-order valence-electron chi connectivity index (χ1n) is 7.16. The van der Waals surface area contributed by atoms with Gasteiger partial charge in [-0.3, -0.25) is 4.68 Å². The molecule has 1 aliphatic heterocycles. The van der Waals surface area contributed by atoms with Gasteiger partial charge in [-0.05, 0) is 39.8 Å². The lowest BCUT2D eigenvalue weighted by atomic mass is 9.99. The van der Waals surface area contributed by atoms with Crippen molar-refractivity contribution >= 4 is 11.6 Å². The average Bonchev–Trinajstić information content (AvgIpc) is 2.66. The summed E-state index contributed by atoms with van der Waals surface area (Å²) in [6.07, 6.45) is 3.29. The van der Waals surface area contributed by atoms with E-state index in [1.165, 1.54) is 12.8 Å². The minimum Gasteiger partial charge on any atom is -0.308 e. The molecule has 1 fully saturated rings. The number of nitrogens with zero attached hydrogens (tertiary/aromatic N) is 3. The van der Waals surface area contributed by atoms with E-state index < -0.39 is 0 Å². The van der Waals surface area contributed by atoms with Crippen LogP contribution in [-0.2, 0) is 20.0 Å². The Morgan fingerprint density at radius 2 is 2.16 bits per heavy atom. The first-order valence-corrected chi connectivity index (χ1v) is 7.54. The molecule has 108 valence electrons. The number of aryl methyl sites for hydroxylation is 2. The molecule has 1 aliphatic rings. The molecule has 2 unspecified atom stereocenters. The highest BCUT2D eigenvalue weighted by molar-refractivity contribution is 6.31. The Bertz CT molecular complexity index is 429. The predicted molar refractivity (Wildman–Crippen MR) is 79.5 cm³/mol. The second-order valence-electron chi connectivity index (χ2n) is 5.62. The predicted octanol–water partition coefficient (Wildman–Crippen LogP) is 2.21. The van der Waals surface area contributed by atoms with Crippen molar-refractivity contribution in [3.05, 3.63) is 16.4 Å². The summed E-state index contributed by atoms with van der Waals surface area (Å²) in [5.41, 5.74) is 2.10. The van der Waals surface area contributed by atoms with Crippen molar-refractivity contribution in [1.29, 1.82) is 0 Å². The van der Waals surface area contributed by atoms with Gasteiger partial charge < -0.3 is 10.2 Å². The topological polar surface area (TPSA) is 33.1 Å². The van der Waals surface area contributed by atoms with Crippen molar-refractivity contribution in [2.75, 3.05) is 13.6 Å². The van der Waals surface area contributed by atoms with E-state index >= 15 is 0 Å². The maximum Gasteiger partial charge on any atom is 0.0863 e. The molecular formula is C14H25ClN4. The largest absolute Gasteiger partial charge is 0.308 e. The molecule has 4 nitrogen and oxygen atoms in total. The molecule has 0 amide bonds. The van der Waals surface area contributed by atoms with E-state index in [1.807, 2.05) is 11.7 Å². The Balaban J connectivity index is 1.94. The first kappa shape index (κ1) is 14.8. The Morgan fingerprint density at radius 1 is 1.42 bits per heavy atom. The number of nitrogens with one attached hydrogen (secondary N) is 1. The first-order chi connectivity index (χ1) is 9.02. The second kappa shape index (κ2) is 6.25. The molecule has 0 aromatic carbocycles. The molecule has 0 spiro atoms. The summed E-state index contributed by atoms with van der Waals surface area (Å²) < 4.78 is 1.91.